The van der Waals surface area contributed by atoms with Crippen LogP contribution in [-0.4, -0.2) is 41.6 Å². The summed E-state index contributed by atoms with van der Waals surface area (Å²) in [6.45, 7) is -0.235. The predicted octanol–water partition coefficient (Wildman–Crippen LogP) is 4.11. The molecule has 2 aromatic carbocycles. The lowest BCUT2D eigenvalue weighted by atomic mass is 10.1. The topological polar surface area (TPSA) is 94.2 Å². The fourth-order valence-electron chi connectivity index (χ4n) is 3.86. The molecule has 1 saturated heterocycles. The molecule has 2 N–H and O–H groups in total. The van der Waals surface area contributed by atoms with Gasteiger partial charge in [0.05, 0.1) is 17.7 Å². The van der Waals surface area contributed by atoms with E-state index < -0.39 is 5.91 Å². The summed E-state index contributed by atoms with van der Waals surface area (Å²) >= 11 is 1.39. The van der Waals surface area contributed by atoms with Crippen LogP contribution in [0.2, 0.25) is 0 Å². The van der Waals surface area contributed by atoms with Crippen molar-refractivity contribution in [1.29, 1.82) is 0 Å². The third-order valence-electron chi connectivity index (χ3n) is 5.36. The lowest BCUT2D eigenvalue weighted by molar-refractivity contribution is -0.123. The number of hydrogen-bond donors (Lipinski definition) is 1. The zero-order valence-corrected chi connectivity index (χ0v) is 18.6. The summed E-state index contributed by atoms with van der Waals surface area (Å²) in [5, 5.41) is 0.715. The molecule has 2 fully saturated rings. The number of amidine groups is 1. The number of amides is 2. The van der Waals surface area contributed by atoms with E-state index in [1.54, 1.807) is 12.1 Å². The van der Waals surface area contributed by atoms with Gasteiger partial charge in [0.25, 0.3) is 11.8 Å². The number of ether oxygens (including phenoxy) is 2. The Morgan fingerprint density at radius 1 is 1.19 bits per heavy atom. The number of rotatable bonds is 7. The molecule has 2 aromatic rings. The van der Waals surface area contributed by atoms with Crippen LogP contribution in [0.5, 0.6) is 11.5 Å². The Hall–Kier alpha value is -3.26. The molecule has 1 heterocycles. The summed E-state index contributed by atoms with van der Waals surface area (Å²) in [5.74, 6) is 0.285. The van der Waals surface area contributed by atoms with Crippen molar-refractivity contribution in [2.45, 2.75) is 31.7 Å². The van der Waals surface area contributed by atoms with Gasteiger partial charge in [-0.3, -0.25) is 14.5 Å². The van der Waals surface area contributed by atoms with Gasteiger partial charge >= 0.3 is 0 Å². The number of primary amides is 1. The molecule has 0 spiro atoms. The highest BCUT2D eigenvalue weighted by Crippen LogP contribution is 2.39. The number of para-hydroxylation sites is 1. The normalized spacial score (nSPS) is 19.2. The van der Waals surface area contributed by atoms with Crippen LogP contribution in [0.1, 0.15) is 31.2 Å². The number of aliphatic imine (C=N–C) groups is 1. The maximum atomic E-state index is 13.3. The number of benzene rings is 2. The van der Waals surface area contributed by atoms with Crippen LogP contribution in [0, 0.1) is 0 Å². The molecule has 1 aliphatic carbocycles. The Kier molecular flexibility index (Phi) is 6.80. The standard InChI is InChI=1S/C24H25N3O4S/c1-30-20-13-16(11-12-19(20)31-15-22(25)28)14-21-23(29)27(18-9-5-6-10-18)24(32-21)26-17-7-3-2-4-8-17/h2-4,7-8,11-14,18H,5-6,9-10,15H2,1H3,(H2,25,28)/b21-14-,26-24?. The molecule has 32 heavy (non-hydrogen) atoms. The van der Waals surface area contributed by atoms with E-state index in [0.717, 1.165) is 36.9 Å². The van der Waals surface area contributed by atoms with Gasteiger partial charge in [0, 0.05) is 6.04 Å². The number of nitrogens with two attached hydrogens (primary N) is 1. The summed E-state index contributed by atoms with van der Waals surface area (Å²) in [6.07, 6.45) is 6.07. The molecule has 0 bridgehead atoms. The van der Waals surface area contributed by atoms with Crippen molar-refractivity contribution in [3.05, 3.63) is 59.0 Å². The molecule has 0 radical (unpaired) electrons. The maximum Gasteiger partial charge on any atom is 0.267 e. The van der Waals surface area contributed by atoms with Gasteiger partial charge < -0.3 is 15.2 Å². The van der Waals surface area contributed by atoms with Crippen molar-refractivity contribution in [2.24, 2.45) is 10.7 Å². The molecule has 1 aliphatic heterocycles. The van der Waals surface area contributed by atoms with Gasteiger partial charge in [-0.1, -0.05) is 37.1 Å². The van der Waals surface area contributed by atoms with Crippen LogP contribution in [-0.2, 0) is 9.59 Å². The quantitative estimate of drug-likeness (QED) is 0.640. The van der Waals surface area contributed by atoms with Gasteiger partial charge in [0.2, 0.25) is 0 Å². The van der Waals surface area contributed by atoms with Crippen LogP contribution in [0.25, 0.3) is 6.08 Å². The molecule has 8 heteroatoms. The predicted molar refractivity (Wildman–Crippen MR) is 126 cm³/mol. The summed E-state index contributed by atoms with van der Waals surface area (Å²) < 4.78 is 10.8. The first-order valence-corrected chi connectivity index (χ1v) is 11.3. The van der Waals surface area contributed by atoms with E-state index >= 15 is 0 Å². The van der Waals surface area contributed by atoms with Crippen molar-refractivity contribution in [1.82, 2.24) is 4.90 Å². The summed E-state index contributed by atoms with van der Waals surface area (Å²) in [7, 11) is 1.52. The van der Waals surface area contributed by atoms with Crippen LogP contribution in [0.4, 0.5) is 5.69 Å². The summed E-state index contributed by atoms with van der Waals surface area (Å²) in [5.41, 5.74) is 6.76. The Labute approximate surface area is 191 Å². The first-order chi connectivity index (χ1) is 15.5. The van der Waals surface area contributed by atoms with Gasteiger partial charge in [0.15, 0.2) is 23.3 Å². The number of nitrogens with zero attached hydrogens (tertiary/aromatic N) is 2. The molecule has 0 aromatic heterocycles. The van der Waals surface area contributed by atoms with Crippen molar-refractivity contribution in [2.75, 3.05) is 13.7 Å². The highest BCUT2D eigenvalue weighted by atomic mass is 32.2. The average Bonchev–Trinajstić information content (AvgIpc) is 3.41. The maximum absolute atomic E-state index is 13.3. The van der Waals surface area contributed by atoms with Crippen molar-refractivity contribution < 1.29 is 19.1 Å². The van der Waals surface area contributed by atoms with Crippen molar-refractivity contribution in [3.63, 3.8) is 0 Å². The molecule has 0 atom stereocenters. The van der Waals surface area contributed by atoms with E-state index in [2.05, 4.69) is 0 Å². The Morgan fingerprint density at radius 3 is 2.62 bits per heavy atom. The average molecular weight is 452 g/mol. The highest BCUT2D eigenvalue weighted by Gasteiger charge is 2.39. The number of thioether (sulfide) groups is 1. The van der Waals surface area contributed by atoms with Gasteiger partial charge in [-0.2, -0.15) is 0 Å². The third-order valence-corrected chi connectivity index (χ3v) is 6.35. The summed E-state index contributed by atoms with van der Waals surface area (Å²) in [4.78, 5) is 31.6. The lowest BCUT2D eigenvalue weighted by Gasteiger charge is -2.22. The van der Waals surface area contributed by atoms with E-state index in [1.165, 1.54) is 18.9 Å². The smallest absolute Gasteiger partial charge is 0.267 e. The molecule has 1 saturated carbocycles. The number of carbonyl (C=O) groups is 2. The minimum absolute atomic E-state index is 0.0235. The minimum atomic E-state index is -0.566. The van der Waals surface area contributed by atoms with E-state index in [4.69, 9.17) is 20.2 Å². The Bertz CT molecular complexity index is 1060. The van der Waals surface area contributed by atoms with Crippen LogP contribution < -0.4 is 15.2 Å². The van der Waals surface area contributed by atoms with Gasteiger partial charge in [-0.15, -0.1) is 0 Å². The molecule has 2 aliphatic rings. The zero-order valence-electron chi connectivity index (χ0n) is 17.8. The van der Waals surface area contributed by atoms with Crippen LogP contribution >= 0.6 is 11.8 Å². The second-order valence-electron chi connectivity index (χ2n) is 7.62. The third kappa shape index (κ3) is 4.96. The summed E-state index contributed by atoms with van der Waals surface area (Å²) in [6, 6.07) is 15.1. The molecule has 166 valence electrons. The van der Waals surface area contributed by atoms with E-state index in [-0.39, 0.29) is 18.6 Å². The fourth-order valence-corrected chi connectivity index (χ4v) is 4.91. The fraction of sp³-hybridized carbons (Fsp3) is 0.292. The van der Waals surface area contributed by atoms with Gasteiger partial charge in [-0.05, 0) is 60.5 Å². The Morgan fingerprint density at radius 2 is 1.94 bits per heavy atom. The SMILES string of the molecule is COc1cc(/C=C2\SC(=Nc3ccccc3)N(C3CCCC3)C2=O)ccc1OCC(N)=O. The molecule has 4 rings (SSSR count). The van der Waals surface area contributed by atoms with E-state index in [1.807, 2.05) is 47.4 Å². The van der Waals surface area contributed by atoms with Crippen LogP contribution in [0.15, 0.2) is 58.4 Å². The molecular formula is C24H25N3O4S. The molecular weight excluding hydrogens is 426 g/mol. The highest BCUT2D eigenvalue weighted by molar-refractivity contribution is 8.18. The first-order valence-electron chi connectivity index (χ1n) is 10.5. The lowest BCUT2D eigenvalue weighted by Crippen LogP contribution is -2.37. The zero-order chi connectivity index (χ0) is 22.5. The van der Waals surface area contributed by atoms with Crippen LogP contribution in [0.3, 0.4) is 0 Å². The first kappa shape index (κ1) is 22.0. The largest absolute Gasteiger partial charge is 0.493 e. The number of hydrogen-bond acceptors (Lipinski definition) is 6. The molecule has 7 nitrogen and oxygen atoms in total. The monoisotopic (exact) mass is 451 g/mol. The van der Waals surface area contributed by atoms with Gasteiger partial charge in [0.1, 0.15) is 0 Å². The van der Waals surface area contributed by atoms with Gasteiger partial charge in [-0.25, -0.2) is 4.99 Å². The van der Waals surface area contributed by atoms with E-state index in [9.17, 15) is 9.59 Å². The van der Waals surface area contributed by atoms with Crippen molar-refractivity contribution in [3.8, 4) is 11.5 Å². The number of methoxy groups -OCH3 is 1. The second-order valence-corrected chi connectivity index (χ2v) is 8.63. The Balaban J connectivity index is 1.63. The van der Waals surface area contributed by atoms with Crippen molar-refractivity contribution >= 4 is 40.5 Å². The second kappa shape index (κ2) is 9.91. The number of carbonyl (C=O) groups excluding carboxylic acids is 2. The molecule has 2 amide bonds. The van der Waals surface area contributed by atoms with E-state index in [0.29, 0.717) is 21.6 Å². The minimum Gasteiger partial charge on any atom is -0.493 e. The molecule has 0 unspecified atom stereocenters.